The third-order valence-electron chi connectivity index (χ3n) is 3.03. The number of carbonyl (C=O) groups is 2. The molecule has 1 rings (SSSR count). The fourth-order valence-electron chi connectivity index (χ4n) is 1.81. The molecule has 0 aromatic heterocycles. The lowest BCUT2D eigenvalue weighted by Gasteiger charge is -2.17. The van der Waals surface area contributed by atoms with Crippen LogP contribution in [0.2, 0.25) is 0 Å². The predicted molar refractivity (Wildman–Crippen MR) is 79.0 cm³/mol. The maximum Gasteiger partial charge on any atom is 0.242 e. The van der Waals surface area contributed by atoms with Gasteiger partial charge in [0, 0.05) is 6.54 Å². The Morgan fingerprint density at radius 2 is 1.85 bits per heavy atom. The molecule has 0 aliphatic heterocycles. The van der Waals surface area contributed by atoms with E-state index in [0.29, 0.717) is 13.0 Å². The van der Waals surface area contributed by atoms with E-state index in [9.17, 15) is 9.59 Å². The zero-order chi connectivity index (χ0) is 15.0. The summed E-state index contributed by atoms with van der Waals surface area (Å²) in [7, 11) is 0. The fourth-order valence-corrected chi connectivity index (χ4v) is 1.81. The minimum Gasteiger partial charge on any atom is -0.355 e. The van der Waals surface area contributed by atoms with Gasteiger partial charge in [-0.1, -0.05) is 30.3 Å². The van der Waals surface area contributed by atoms with Crippen LogP contribution < -0.4 is 16.4 Å². The van der Waals surface area contributed by atoms with E-state index >= 15 is 0 Å². The number of rotatable bonds is 7. The minimum atomic E-state index is -0.605. The number of hydrogen-bond donors (Lipinski definition) is 3. The highest BCUT2D eigenvalue weighted by Gasteiger charge is 2.19. The summed E-state index contributed by atoms with van der Waals surface area (Å²) in [5.41, 5.74) is 6.99. The number of nitrogens with two attached hydrogens (primary N) is 1. The summed E-state index contributed by atoms with van der Waals surface area (Å²) in [6.45, 7) is 4.02. The van der Waals surface area contributed by atoms with E-state index in [2.05, 4.69) is 10.6 Å². The highest BCUT2D eigenvalue weighted by Crippen LogP contribution is 2.04. The molecule has 0 bridgehead atoms. The lowest BCUT2D eigenvalue weighted by Crippen LogP contribution is -2.50. The maximum atomic E-state index is 11.9. The Bertz CT molecular complexity index is 434. The molecule has 5 nitrogen and oxygen atoms in total. The average molecular weight is 277 g/mol. The minimum absolute atomic E-state index is 0.198. The van der Waals surface area contributed by atoms with Crippen LogP contribution in [-0.4, -0.2) is 30.4 Å². The second kappa shape index (κ2) is 8.32. The summed E-state index contributed by atoms with van der Waals surface area (Å²) in [6.07, 6.45) is 1.29. The van der Waals surface area contributed by atoms with Crippen LogP contribution in [-0.2, 0) is 16.0 Å². The molecule has 2 amide bonds. The van der Waals surface area contributed by atoms with Gasteiger partial charge in [-0.3, -0.25) is 9.59 Å². The molecule has 5 heteroatoms. The molecule has 0 aliphatic rings. The van der Waals surface area contributed by atoms with Crippen LogP contribution in [0.1, 0.15) is 25.8 Å². The molecular weight excluding hydrogens is 254 g/mol. The zero-order valence-electron chi connectivity index (χ0n) is 12.1. The number of carbonyl (C=O) groups excluding carboxylic acids is 2. The Hall–Kier alpha value is -1.88. The molecule has 20 heavy (non-hydrogen) atoms. The van der Waals surface area contributed by atoms with Crippen molar-refractivity contribution in [3.63, 3.8) is 0 Å². The maximum absolute atomic E-state index is 11.9. The van der Waals surface area contributed by atoms with Crippen LogP contribution in [0.15, 0.2) is 30.3 Å². The zero-order valence-corrected chi connectivity index (χ0v) is 12.1. The van der Waals surface area contributed by atoms with Crippen LogP contribution >= 0.6 is 0 Å². The summed E-state index contributed by atoms with van der Waals surface area (Å²) in [5.74, 6) is -0.490. The van der Waals surface area contributed by atoms with Gasteiger partial charge in [0.05, 0.1) is 6.04 Å². The molecule has 1 aromatic rings. The van der Waals surface area contributed by atoms with Crippen LogP contribution in [0, 0.1) is 0 Å². The first kappa shape index (κ1) is 16.2. The lowest BCUT2D eigenvalue weighted by molar-refractivity contribution is -0.129. The Morgan fingerprint density at radius 1 is 1.20 bits per heavy atom. The summed E-state index contributed by atoms with van der Waals surface area (Å²) in [4.78, 5) is 23.4. The van der Waals surface area contributed by atoms with Gasteiger partial charge in [0.25, 0.3) is 0 Å². The van der Waals surface area contributed by atoms with Crippen LogP contribution in [0.25, 0.3) is 0 Å². The van der Waals surface area contributed by atoms with Gasteiger partial charge in [0.2, 0.25) is 11.8 Å². The van der Waals surface area contributed by atoms with Crippen molar-refractivity contribution in [2.75, 3.05) is 6.54 Å². The molecule has 110 valence electrons. The predicted octanol–water partition coefficient (Wildman–Crippen LogP) is 0.587. The van der Waals surface area contributed by atoms with Gasteiger partial charge >= 0.3 is 0 Å². The number of aryl methyl sites for hydroxylation is 1. The fraction of sp³-hybridized carbons (Fsp3) is 0.467. The monoisotopic (exact) mass is 277 g/mol. The number of hydrogen-bond acceptors (Lipinski definition) is 3. The number of benzene rings is 1. The second-order valence-electron chi connectivity index (χ2n) is 4.76. The van der Waals surface area contributed by atoms with Crippen molar-refractivity contribution in [1.82, 2.24) is 10.6 Å². The van der Waals surface area contributed by atoms with Gasteiger partial charge in [-0.2, -0.15) is 0 Å². The van der Waals surface area contributed by atoms with E-state index in [1.165, 1.54) is 0 Å². The summed E-state index contributed by atoms with van der Waals surface area (Å²) in [6, 6.07) is 8.70. The highest BCUT2D eigenvalue weighted by atomic mass is 16.2. The van der Waals surface area contributed by atoms with Crippen molar-refractivity contribution in [3.05, 3.63) is 35.9 Å². The smallest absolute Gasteiger partial charge is 0.242 e. The van der Waals surface area contributed by atoms with Crippen LogP contribution in [0.5, 0.6) is 0 Å². The molecule has 1 aromatic carbocycles. The number of amides is 2. The summed E-state index contributed by atoms with van der Waals surface area (Å²) < 4.78 is 0. The van der Waals surface area contributed by atoms with Crippen molar-refractivity contribution >= 4 is 11.8 Å². The molecule has 0 saturated carbocycles. The molecule has 4 N–H and O–H groups in total. The standard InChI is InChI=1S/C15H23N3O2/c1-3-17-14(19)11(2)18-15(20)13(16)10-9-12-7-5-4-6-8-12/h4-8,11,13H,3,9-10,16H2,1-2H3,(H,17,19)(H,18,20). The van der Waals surface area contributed by atoms with Gasteiger partial charge in [0.15, 0.2) is 0 Å². The molecular formula is C15H23N3O2. The largest absolute Gasteiger partial charge is 0.355 e. The lowest BCUT2D eigenvalue weighted by atomic mass is 10.1. The highest BCUT2D eigenvalue weighted by molar-refractivity contribution is 5.89. The third kappa shape index (κ3) is 5.40. The van der Waals surface area contributed by atoms with Gasteiger partial charge in [-0.15, -0.1) is 0 Å². The topological polar surface area (TPSA) is 84.2 Å². The van der Waals surface area contributed by atoms with Crippen molar-refractivity contribution < 1.29 is 9.59 Å². The van der Waals surface area contributed by atoms with E-state index in [-0.39, 0.29) is 11.8 Å². The first-order valence-electron chi connectivity index (χ1n) is 6.92. The third-order valence-corrected chi connectivity index (χ3v) is 3.03. The van der Waals surface area contributed by atoms with E-state index in [1.54, 1.807) is 6.92 Å². The van der Waals surface area contributed by atoms with Crippen LogP contribution in [0.3, 0.4) is 0 Å². The van der Waals surface area contributed by atoms with E-state index in [0.717, 1.165) is 12.0 Å². The second-order valence-corrected chi connectivity index (χ2v) is 4.76. The van der Waals surface area contributed by atoms with Crippen LogP contribution in [0.4, 0.5) is 0 Å². The molecule has 0 saturated heterocycles. The Morgan fingerprint density at radius 3 is 2.45 bits per heavy atom. The van der Waals surface area contributed by atoms with Gasteiger partial charge in [-0.05, 0) is 32.3 Å². The van der Waals surface area contributed by atoms with E-state index in [4.69, 9.17) is 5.73 Å². The summed E-state index contributed by atoms with van der Waals surface area (Å²) >= 11 is 0. The summed E-state index contributed by atoms with van der Waals surface area (Å²) in [5, 5.41) is 5.28. The quantitative estimate of drug-likeness (QED) is 0.682. The Balaban J connectivity index is 2.37. The molecule has 0 heterocycles. The van der Waals surface area contributed by atoms with Crippen molar-refractivity contribution in [2.24, 2.45) is 5.73 Å². The first-order chi connectivity index (χ1) is 9.54. The molecule has 0 fully saturated rings. The Labute approximate surface area is 119 Å². The van der Waals surface area contributed by atoms with Gasteiger partial charge in [-0.25, -0.2) is 0 Å². The molecule has 0 aliphatic carbocycles. The molecule has 2 unspecified atom stereocenters. The average Bonchev–Trinajstić information content (AvgIpc) is 2.45. The van der Waals surface area contributed by atoms with Crippen molar-refractivity contribution in [2.45, 2.75) is 38.8 Å². The normalized spacial score (nSPS) is 13.3. The first-order valence-corrected chi connectivity index (χ1v) is 6.92. The van der Waals surface area contributed by atoms with Gasteiger partial charge < -0.3 is 16.4 Å². The van der Waals surface area contributed by atoms with E-state index < -0.39 is 12.1 Å². The van der Waals surface area contributed by atoms with Crippen molar-refractivity contribution in [3.8, 4) is 0 Å². The molecule has 0 spiro atoms. The molecule has 0 radical (unpaired) electrons. The molecule has 2 atom stereocenters. The number of likely N-dealkylation sites (N-methyl/N-ethyl adjacent to an activating group) is 1. The number of nitrogens with one attached hydrogen (secondary N) is 2. The SMILES string of the molecule is CCNC(=O)C(C)NC(=O)C(N)CCc1ccccc1. The van der Waals surface area contributed by atoms with Crippen molar-refractivity contribution in [1.29, 1.82) is 0 Å². The Kier molecular flexibility index (Phi) is 6.73. The van der Waals surface area contributed by atoms with Gasteiger partial charge in [0.1, 0.15) is 6.04 Å². The van der Waals surface area contributed by atoms with E-state index in [1.807, 2.05) is 37.3 Å².